The SMILES string of the molecule is Cc1ccc([C@H]2CC(=O)C3=C(C2)Nc2ccccc2N[C@@H]3c2ccccc2)cc1. The number of hydrogen-bond donors (Lipinski definition) is 2. The van der Waals surface area contributed by atoms with E-state index >= 15 is 0 Å². The van der Waals surface area contributed by atoms with E-state index in [-0.39, 0.29) is 17.7 Å². The van der Waals surface area contributed by atoms with Crippen LogP contribution in [-0.2, 0) is 4.79 Å². The van der Waals surface area contributed by atoms with Crippen molar-refractivity contribution in [3.05, 3.63) is 107 Å². The highest BCUT2D eigenvalue weighted by molar-refractivity contribution is 6.01. The van der Waals surface area contributed by atoms with Gasteiger partial charge in [0.15, 0.2) is 5.78 Å². The van der Waals surface area contributed by atoms with E-state index in [9.17, 15) is 4.79 Å². The predicted octanol–water partition coefficient (Wildman–Crippen LogP) is 5.97. The number of nitrogens with one attached hydrogen (secondary N) is 2. The summed E-state index contributed by atoms with van der Waals surface area (Å²) in [6.07, 6.45) is 1.38. The third-order valence-electron chi connectivity index (χ3n) is 5.99. The molecule has 2 N–H and O–H groups in total. The molecule has 1 aliphatic carbocycles. The lowest BCUT2D eigenvalue weighted by atomic mass is 9.78. The summed E-state index contributed by atoms with van der Waals surface area (Å²) in [5, 5.41) is 7.23. The zero-order valence-corrected chi connectivity index (χ0v) is 16.5. The Morgan fingerprint density at radius 3 is 2.21 bits per heavy atom. The van der Waals surface area contributed by atoms with E-state index in [1.807, 2.05) is 30.3 Å². The fourth-order valence-corrected chi connectivity index (χ4v) is 4.46. The van der Waals surface area contributed by atoms with Gasteiger partial charge in [0, 0.05) is 17.7 Å². The molecule has 29 heavy (non-hydrogen) atoms. The highest BCUT2D eigenvalue weighted by atomic mass is 16.1. The Morgan fingerprint density at radius 1 is 0.759 bits per heavy atom. The molecule has 3 heteroatoms. The molecule has 1 heterocycles. The quantitative estimate of drug-likeness (QED) is 0.575. The van der Waals surface area contributed by atoms with Crippen LogP contribution < -0.4 is 10.6 Å². The van der Waals surface area contributed by atoms with E-state index in [0.29, 0.717) is 6.42 Å². The average molecular weight is 380 g/mol. The van der Waals surface area contributed by atoms with Crippen LogP contribution in [0.4, 0.5) is 11.4 Å². The van der Waals surface area contributed by atoms with Gasteiger partial charge in [0.25, 0.3) is 0 Å². The highest BCUT2D eigenvalue weighted by Gasteiger charge is 2.35. The van der Waals surface area contributed by atoms with Gasteiger partial charge in [0.05, 0.1) is 17.4 Å². The van der Waals surface area contributed by atoms with E-state index < -0.39 is 0 Å². The van der Waals surface area contributed by atoms with Crippen molar-refractivity contribution in [1.29, 1.82) is 0 Å². The van der Waals surface area contributed by atoms with Crippen LogP contribution in [0.25, 0.3) is 0 Å². The van der Waals surface area contributed by atoms with Crippen molar-refractivity contribution >= 4 is 17.2 Å². The van der Waals surface area contributed by atoms with Crippen molar-refractivity contribution in [2.45, 2.75) is 31.7 Å². The maximum atomic E-state index is 13.4. The molecule has 0 bridgehead atoms. The minimum atomic E-state index is -0.145. The lowest BCUT2D eigenvalue weighted by Gasteiger charge is -2.30. The van der Waals surface area contributed by atoms with Gasteiger partial charge < -0.3 is 10.6 Å². The summed E-state index contributed by atoms with van der Waals surface area (Å²) >= 11 is 0. The largest absolute Gasteiger partial charge is 0.372 e. The third-order valence-corrected chi connectivity index (χ3v) is 5.99. The molecule has 3 aromatic rings. The Bertz CT molecular complexity index is 1080. The van der Waals surface area contributed by atoms with Crippen molar-refractivity contribution in [2.24, 2.45) is 0 Å². The van der Waals surface area contributed by atoms with Crippen molar-refractivity contribution < 1.29 is 4.79 Å². The molecule has 2 aliphatic rings. The number of carbonyl (C=O) groups excluding carboxylic acids is 1. The second-order valence-corrected chi connectivity index (χ2v) is 7.99. The Labute approximate surface area is 171 Å². The molecule has 144 valence electrons. The van der Waals surface area contributed by atoms with Gasteiger partial charge in [0.1, 0.15) is 0 Å². The Kier molecular flexibility index (Phi) is 4.44. The van der Waals surface area contributed by atoms with E-state index in [2.05, 4.69) is 66.1 Å². The summed E-state index contributed by atoms with van der Waals surface area (Å²) in [4.78, 5) is 13.4. The number of fused-ring (bicyclic) bond motifs is 1. The van der Waals surface area contributed by atoms with Gasteiger partial charge in [-0.25, -0.2) is 0 Å². The van der Waals surface area contributed by atoms with Crippen LogP contribution >= 0.6 is 0 Å². The first-order valence-electron chi connectivity index (χ1n) is 10.2. The second kappa shape index (κ2) is 7.25. The number of benzene rings is 3. The molecule has 0 aromatic heterocycles. The van der Waals surface area contributed by atoms with Crippen molar-refractivity contribution in [1.82, 2.24) is 0 Å². The molecule has 3 nitrogen and oxygen atoms in total. The summed E-state index contributed by atoms with van der Waals surface area (Å²) in [7, 11) is 0. The van der Waals surface area contributed by atoms with Gasteiger partial charge in [-0.05, 0) is 42.5 Å². The van der Waals surface area contributed by atoms with Crippen LogP contribution in [0.5, 0.6) is 0 Å². The van der Waals surface area contributed by atoms with Crippen LogP contribution in [0.15, 0.2) is 90.1 Å². The van der Waals surface area contributed by atoms with E-state index in [4.69, 9.17) is 0 Å². The van der Waals surface area contributed by atoms with Crippen molar-refractivity contribution in [3.8, 4) is 0 Å². The molecular formula is C26H24N2O. The van der Waals surface area contributed by atoms with Gasteiger partial charge in [-0.3, -0.25) is 4.79 Å². The molecule has 1 aliphatic heterocycles. The van der Waals surface area contributed by atoms with Crippen molar-refractivity contribution in [2.75, 3.05) is 10.6 Å². The number of hydrogen-bond acceptors (Lipinski definition) is 3. The van der Waals surface area contributed by atoms with Crippen molar-refractivity contribution in [3.63, 3.8) is 0 Å². The Morgan fingerprint density at radius 2 is 1.45 bits per heavy atom. The average Bonchev–Trinajstić information content (AvgIpc) is 2.92. The number of rotatable bonds is 2. The summed E-state index contributed by atoms with van der Waals surface area (Å²) < 4.78 is 0. The van der Waals surface area contributed by atoms with Crippen LogP contribution in [-0.4, -0.2) is 5.78 Å². The molecule has 0 saturated carbocycles. The van der Waals surface area contributed by atoms with Gasteiger partial charge in [-0.15, -0.1) is 0 Å². The fourth-order valence-electron chi connectivity index (χ4n) is 4.46. The highest BCUT2D eigenvalue weighted by Crippen LogP contribution is 2.44. The maximum Gasteiger partial charge on any atom is 0.163 e. The lowest BCUT2D eigenvalue weighted by Crippen LogP contribution is -2.26. The molecule has 0 amide bonds. The summed E-state index contributed by atoms with van der Waals surface area (Å²) in [6.45, 7) is 2.09. The molecule has 0 saturated heterocycles. The van der Waals surface area contributed by atoms with E-state index in [0.717, 1.165) is 34.6 Å². The smallest absolute Gasteiger partial charge is 0.163 e. The minimum absolute atomic E-state index is 0.145. The Hall–Kier alpha value is -3.33. The maximum absolute atomic E-state index is 13.4. The zero-order valence-electron chi connectivity index (χ0n) is 16.5. The van der Waals surface area contributed by atoms with E-state index in [1.54, 1.807) is 0 Å². The second-order valence-electron chi connectivity index (χ2n) is 7.99. The first-order valence-corrected chi connectivity index (χ1v) is 10.2. The molecule has 0 radical (unpaired) electrons. The number of carbonyl (C=O) groups is 1. The Balaban J connectivity index is 1.60. The number of aryl methyl sites for hydroxylation is 1. The third kappa shape index (κ3) is 3.33. The molecule has 0 spiro atoms. The lowest BCUT2D eigenvalue weighted by molar-refractivity contribution is -0.116. The predicted molar refractivity (Wildman–Crippen MR) is 118 cm³/mol. The number of Topliss-reactive ketones (excluding diaryl/α,β-unsaturated/α-hetero) is 1. The van der Waals surface area contributed by atoms with Crippen LogP contribution in [0.2, 0.25) is 0 Å². The monoisotopic (exact) mass is 380 g/mol. The normalized spacial score (nSPS) is 20.8. The molecule has 0 unspecified atom stereocenters. The van der Waals surface area contributed by atoms with Crippen LogP contribution in [0, 0.1) is 6.92 Å². The van der Waals surface area contributed by atoms with Crippen LogP contribution in [0.1, 0.15) is 41.5 Å². The number of allylic oxidation sites excluding steroid dienone is 1. The summed E-state index contributed by atoms with van der Waals surface area (Å²) in [5.41, 5.74) is 7.55. The first kappa shape index (κ1) is 17.7. The number of ketones is 1. The number of para-hydroxylation sites is 2. The molecular weight excluding hydrogens is 356 g/mol. The zero-order chi connectivity index (χ0) is 19.8. The minimum Gasteiger partial charge on any atom is -0.372 e. The van der Waals surface area contributed by atoms with Gasteiger partial charge in [-0.2, -0.15) is 0 Å². The van der Waals surface area contributed by atoms with E-state index in [1.165, 1.54) is 11.1 Å². The van der Waals surface area contributed by atoms with Gasteiger partial charge in [0.2, 0.25) is 0 Å². The van der Waals surface area contributed by atoms with Gasteiger partial charge >= 0.3 is 0 Å². The standard InChI is InChI=1S/C26H24N2O/c1-17-11-13-18(14-12-17)20-15-23-25(24(29)16-20)26(19-7-3-2-4-8-19)28-22-10-6-5-9-21(22)27-23/h2-14,20,26-28H,15-16H2,1H3/t20-,26-/m1/s1. The molecule has 2 atom stereocenters. The van der Waals surface area contributed by atoms with Gasteiger partial charge in [-0.1, -0.05) is 72.3 Å². The molecule has 0 fully saturated rings. The topological polar surface area (TPSA) is 41.1 Å². The van der Waals surface area contributed by atoms with Crippen LogP contribution in [0.3, 0.4) is 0 Å². The fraction of sp³-hybridized carbons (Fsp3) is 0.192. The number of anilines is 2. The molecule has 3 aromatic carbocycles. The first-order chi connectivity index (χ1) is 14.2. The summed E-state index contributed by atoms with van der Waals surface area (Å²) in [5.74, 6) is 0.425. The molecule has 5 rings (SSSR count). The summed E-state index contributed by atoms with van der Waals surface area (Å²) in [6, 6.07) is 26.9.